The van der Waals surface area contributed by atoms with E-state index in [1.807, 2.05) is 0 Å². The second kappa shape index (κ2) is 7.74. The molecule has 0 unspecified atom stereocenters. The van der Waals surface area contributed by atoms with Gasteiger partial charge in [0.2, 0.25) is 5.75 Å². The molecule has 0 radical (unpaired) electrons. The molecule has 7 heteroatoms. The Bertz CT molecular complexity index is 541. The zero-order chi connectivity index (χ0) is 15.9. The van der Waals surface area contributed by atoms with E-state index < -0.39 is 4.92 Å². The number of aldehydes is 1. The molecule has 1 fully saturated rings. The van der Waals surface area contributed by atoms with Crippen molar-refractivity contribution in [3.05, 3.63) is 27.8 Å². The molecule has 1 aromatic carbocycles. The summed E-state index contributed by atoms with van der Waals surface area (Å²) in [7, 11) is 0. The van der Waals surface area contributed by atoms with E-state index >= 15 is 0 Å². The highest BCUT2D eigenvalue weighted by atomic mass is 16.6. The molecule has 1 aliphatic heterocycles. The molecular weight excluding hydrogens is 288 g/mol. The van der Waals surface area contributed by atoms with Crippen LogP contribution in [0.2, 0.25) is 0 Å². The summed E-state index contributed by atoms with van der Waals surface area (Å²) in [4.78, 5) is 23.8. The van der Waals surface area contributed by atoms with Gasteiger partial charge in [-0.05, 0) is 38.9 Å². The predicted octanol–water partition coefficient (Wildman–Crippen LogP) is 2.28. The van der Waals surface area contributed by atoms with Gasteiger partial charge < -0.3 is 9.47 Å². The average molecular weight is 308 g/mol. The fourth-order valence-corrected chi connectivity index (χ4v) is 2.50. The maximum Gasteiger partial charge on any atom is 0.315 e. The van der Waals surface area contributed by atoms with Crippen molar-refractivity contribution in [3.63, 3.8) is 0 Å². The van der Waals surface area contributed by atoms with E-state index in [-0.39, 0.29) is 22.7 Å². The first kappa shape index (κ1) is 16.2. The van der Waals surface area contributed by atoms with Crippen molar-refractivity contribution in [2.45, 2.75) is 19.8 Å². The molecule has 1 aromatic rings. The summed E-state index contributed by atoms with van der Waals surface area (Å²) in [5.74, 6) is 0.330. The van der Waals surface area contributed by atoms with Crippen LogP contribution < -0.4 is 9.47 Å². The van der Waals surface area contributed by atoms with E-state index in [0.29, 0.717) is 19.5 Å². The average Bonchev–Trinajstić information content (AvgIpc) is 3.01. The zero-order valence-electron chi connectivity index (χ0n) is 12.6. The Morgan fingerprint density at radius 1 is 1.32 bits per heavy atom. The van der Waals surface area contributed by atoms with Gasteiger partial charge in [-0.2, -0.15) is 0 Å². The summed E-state index contributed by atoms with van der Waals surface area (Å²) in [6.07, 6.45) is 2.92. The summed E-state index contributed by atoms with van der Waals surface area (Å²) in [5.41, 5.74) is -0.0449. The Hall–Kier alpha value is -2.15. The highest BCUT2D eigenvalue weighted by molar-refractivity contribution is 5.79. The van der Waals surface area contributed by atoms with Crippen molar-refractivity contribution < 1.29 is 19.2 Å². The summed E-state index contributed by atoms with van der Waals surface area (Å²) >= 11 is 0. The molecule has 0 aliphatic carbocycles. The van der Waals surface area contributed by atoms with Crippen molar-refractivity contribution in [2.75, 3.05) is 32.8 Å². The maximum absolute atomic E-state index is 11.2. The van der Waals surface area contributed by atoms with Crippen LogP contribution in [0.4, 0.5) is 5.69 Å². The van der Waals surface area contributed by atoms with Gasteiger partial charge in [0.1, 0.15) is 12.9 Å². The monoisotopic (exact) mass is 308 g/mol. The van der Waals surface area contributed by atoms with Crippen LogP contribution in [-0.4, -0.2) is 49.0 Å². The van der Waals surface area contributed by atoms with Gasteiger partial charge in [0.15, 0.2) is 5.75 Å². The van der Waals surface area contributed by atoms with Gasteiger partial charge in [-0.15, -0.1) is 0 Å². The maximum atomic E-state index is 11.2. The van der Waals surface area contributed by atoms with E-state index in [9.17, 15) is 14.9 Å². The van der Waals surface area contributed by atoms with Crippen molar-refractivity contribution >= 4 is 12.0 Å². The van der Waals surface area contributed by atoms with E-state index in [0.717, 1.165) is 19.6 Å². The number of rotatable bonds is 8. The summed E-state index contributed by atoms with van der Waals surface area (Å²) in [6, 6.07) is 2.68. The Balaban J connectivity index is 2.17. The Morgan fingerprint density at radius 2 is 2.05 bits per heavy atom. The predicted molar refractivity (Wildman–Crippen MR) is 80.8 cm³/mol. The minimum atomic E-state index is -0.555. The number of hydrogen-bond donors (Lipinski definition) is 0. The van der Waals surface area contributed by atoms with E-state index in [4.69, 9.17) is 9.47 Å². The lowest BCUT2D eigenvalue weighted by molar-refractivity contribution is -0.386. The fraction of sp³-hybridized carbons (Fsp3) is 0.533. The highest BCUT2D eigenvalue weighted by Crippen LogP contribution is 2.38. The number of nitro benzene ring substituents is 1. The quantitative estimate of drug-likeness (QED) is 0.416. The first-order valence-electron chi connectivity index (χ1n) is 7.41. The van der Waals surface area contributed by atoms with Crippen molar-refractivity contribution in [2.24, 2.45) is 0 Å². The molecule has 0 amide bonds. The van der Waals surface area contributed by atoms with Crippen LogP contribution in [0, 0.1) is 10.1 Å². The smallest absolute Gasteiger partial charge is 0.315 e. The van der Waals surface area contributed by atoms with Crippen LogP contribution in [0.1, 0.15) is 30.1 Å². The van der Waals surface area contributed by atoms with Crippen LogP contribution in [0.25, 0.3) is 0 Å². The van der Waals surface area contributed by atoms with Gasteiger partial charge in [0.05, 0.1) is 11.5 Å². The van der Waals surface area contributed by atoms with Gasteiger partial charge in [-0.3, -0.25) is 19.8 Å². The number of benzene rings is 1. The minimum absolute atomic E-state index is 0.0941. The molecule has 120 valence electrons. The molecular formula is C15H20N2O5. The van der Waals surface area contributed by atoms with Crippen LogP contribution in [-0.2, 0) is 0 Å². The summed E-state index contributed by atoms with van der Waals surface area (Å²) in [5, 5.41) is 11.2. The second-order valence-electron chi connectivity index (χ2n) is 5.07. The third-order valence-electron chi connectivity index (χ3n) is 3.54. The number of hydrogen-bond acceptors (Lipinski definition) is 6. The molecule has 0 spiro atoms. The summed E-state index contributed by atoms with van der Waals surface area (Å²) in [6.45, 7) is 5.25. The Labute approximate surface area is 129 Å². The number of nitro groups is 1. The zero-order valence-corrected chi connectivity index (χ0v) is 12.6. The van der Waals surface area contributed by atoms with Gasteiger partial charge >= 0.3 is 5.69 Å². The number of nitrogens with zero attached hydrogens (tertiary/aromatic N) is 2. The number of carbonyl (C=O) groups is 1. The molecule has 2 rings (SSSR count). The van der Waals surface area contributed by atoms with Crippen LogP contribution in [0.3, 0.4) is 0 Å². The Morgan fingerprint density at radius 3 is 2.64 bits per heavy atom. The lowest BCUT2D eigenvalue weighted by Crippen LogP contribution is -2.25. The van der Waals surface area contributed by atoms with Gasteiger partial charge in [-0.1, -0.05) is 0 Å². The molecule has 1 heterocycles. The number of ether oxygens (including phenoxy) is 2. The van der Waals surface area contributed by atoms with Gasteiger partial charge in [0, 0.05) is 18.2 Å². The second-order valence-corrected chi connectivity index (χ2v) is 5.07. The first-order valence-corrected chi connectivity index (χ1v) is 7.41. The molecule has 22 heavy (non-hydrogen) atoms. The molecule has 0 atom stereocenters. The third kappa shape index (κ3) is 3.94. The largest absolute Gasteiger partial charge is 0.490 e. The Kier molecular flexibility index (Phi) is 5.71. The molecule has 1 saturated heterocycles. The van der Waals surface area contributed by atoms with Gasteiger partial charge in [0.25, 0.3) is 0 Å². The fourth-order valence-electron chi connectivity index (χ4n) is 2.50. The van der Waals surface area contributed by atoms with Crippen LogP contribution >= 0.6 is 0 Å². The lowest BCUT2D eigenvalue weighted by Gasteiger charge is -2.16. The first-order chi connectivity index (χ1) is 10.7. The third-order valence-corrected chi connectivity index (χ3v) is 3.54. The molecule has 0 saturated carbocycles. The molecule has 1 aliphatic rings. The minimum Gasteiger partial charge on any atom is -0.490 e. The van der Waals surface area contributed by atoms with E-state index in [1.54, 1.807) is 6.92 Å². The van der Waals surface area contributed by atoms with Crippen molar-refractivity contribution in [1.82, 2.24) is 4.90 Å². The molecule has 7 nitrogen and oxygen atoms in total. The number of likely N-dealkylation sites (tertiary alicyclic amines) is 1. The van der Waals surface area contributed by atoms with Crippen molar-refractivity contribution in [3.8, 4) is 11.5 Å². The normalized spacial score (nSPS) is 14.8. The number of carbonyl (C=O) groups excluding carboxylic acids is 1. The summed E-state index contributed by atoms with van der Waals surface area (Å²) < 4.78 is 11.0. The SMILES string of the molecule is CCOc1cc(C=O)cc([N+](=O)[O-])c1OCCN1CCCC1. The molecule has 0 N–H and O–H groups in total. The van der Waals surface area contributed by atoms with E-state index in [1.165, 1.54) is 25.0 Å². The lowest BCUT2D eigenvalue weighted by atomic mass is 10.2. The molecule has 0 aromatic heterocycles. The van der Waals surface area contributed by atoms with Gasteiger partial charge in [-0.25, -0.2) is 0 Å². The topological polar surface area (TPSA) is 81.9 Å². The van der Waals surface area contributed by atoms with E-state index in [2.05, 4.69) is 4.90 Å². The molecule has 0 bridgehead atoms. The van der Waals surface area contributed by atoms with Crippen molar-refractivity contribution in [1.29, 1.82) is 0 Å². The van der Waals surface area contributed by atoms with Crippen LogP contribution in [0.15, 0.2) is 12.1 Å². The standard InChI is InChI=1S/C15H20N2O5/c1-2-21-14-10-12(11-18)9-13(17(19)20)15(14)22-8-7-16-5-3-4-6-16/h9-11H,2-8H2,1H3. The van der Waals surface area contributed by atoms with Crippen LogP contribution in [0.5, 0.6) is 11.5 Å². The highest BCUT2D eigenvalue weighted by Gasteiger charge is 2.23.